The molecule has 1 unspecified atom stereocenters. The summed E-state index contributed by atoms with van der Waals surface area (Å²) in [5.41, 5.74) is 8.53. The van der Waals surface area contributed by atoms with E-state index >= 15 is 0 Å². The fourth-order valence-electron chi connectivity index (χ4n) is 2.71. The van der Waals surface area contributed by atoms with Crippen molar-refractivity contribution in [3.63, 3.8) is 0 Å². The molecular formula is C25H33ClN4O2. The number of hydrogen-bond donors (Lipinski definition) is 3. The lowest BCUT2D eigenvalue weighted by atomic mass is 10.0. The Morgan fingerprint density at radius 3 is 2.72 bits per heavy atom. The fourth-order valence-corrected chi connectivity index (χ4v) is 2.80. The van der Waals surface area contributed by atoms with Crippen molar-refractivity contribution in [2.45, 2.75) is 33.8 Å². The van der Waals surface area contributed by atoms with Gasteiger partial charge in [0.05, 0.1) is 6.10 Å². The SMILES string of the molecule is C=C(/C=C\C)/C=N\C(N)=C(/Cl)C#Cc1cc(C(=O)NCC(O)CN(CC)CC)ccc1C. The molecule has 0 spiro atoms. The molecule has 1 atom stereocenters. The predicted molar refractivity (Wildman–Crippen MR) is 134 cm³/mol. The average Bonchev–Trinajstić information content (AvgIpc) is 2.78. The van der Waals surface area contributed by atoms with E-state index in [0.29, 0.717) is 23.2 Å². The van der Waals surface area contributed by atoms with Crippen LogP contribution in [0.3, 0.4) is 0 Å². The van der Waals surface area contributed by atoms with Crippen molar-refractivity contribution in [3.8, 4) is 11.8 Å². The Labute approximate surface area is 196 Å². The number of rotatable bonds is 10. The quantitative estimate of drug-likeness (QED) is 0.286. The van der Waals surface area contributed by atoms with Crippen LogP contribution in [0.25, 0.3) is 0 Å². The van der Waals surface area contributed by atoms with E-state index in [9.17, 15) is 9.90 Å². The predicted octanol–water partition coefficient (Wildman–Crippen LogP) is 3.35. The highest BCUT2D eigenvalue weighted by molar-refractivity contribution is 6.32. The lowest BCUT2D eigenvalue weighted by Crippen LogP contribution is -2.40. The Bertz CT molecular complexity index is 950. The molecule has 32 heavy (non-hydrogen) atoms. The van der Waals surface area contributed by atoms with Gasteiger partial charge in [-0.25, -0.2) is 4.99 Å². The molecular weight excluding hydrogens is 424 g/mol. The normalized spacial score (nSPS) is 13.1. The summed E-state index contributed by atoms with van der Waals surface area (Å²) >= 11 is 6.15. The number of amides is 1. The molecule has 1 aromatic carbocycles. The summed E-state index contributed by atoms with van der Waals surface area (Å²) in [5.74, 6) is 5.52. The summed E-state index contributed by atoms with van der Waals surface area (Å²) in [6.45, 7) is 14.0. The topological polar surface area (TPSA) is 90.9 Å². The molecule has 1 aromatic rings. The first-order valence-corrected chi connectivity index (χ1v) is 10.9. The summed E-state index contributed by atoms with van der Waals surface area (Å²) in [6, 6.07) is 5.22. The zero-order valence-electron chi connectivity index (χ0n) is 19.3. The molecule has 0 bridgehead atoms. The molecule has 0 aliphatic rings. The summed E-state index contributed by atoms with van der Waals surface area (Å²) in [7, 11) is 0. The molecule has 4 N–H and O–H groups in total. The molecule has 0 aromatic heterocycles. The van der Waals surface area contributed by atoms with Crippen molar-refractivity contribution in [2.75, 3.05) is 26.2 Å². The molecule has 172 valence electrons. The Balaban J connectivity index is 2.89. The van der Waals surface area contributed by atoms with Crippen molar-refractivity contribution < 1.29 is 9.90 Å². The van der Waals surface area contributed by atoms with Crippen molar-refractivity contribution in [1.82, 2.24) is 10.2 Å². The van der Waals surface area contributed by atoms with Gasteiger partial charge in [0.15, 0.2) is 5.82 Å². The van der Waals surface area contributed by atoms with Crippen molar-refractivity contribution >= 4 is 23.7 Å². The van der Waals surface area contributed by atoms with Crippen LogP contribution in [0.5, 0.6) is 0 Å². The highest BCUT2D eigenvalue weighted by Crippen LogP contribution is 2.12. The van der Waals surface area contributed by atoms with Gasteiger partial charge in [-0.15, -0.1) is 0 Å². The van der Waals surface area contributed by atoms with Gasteiger partial charge in [-0.1, -0.05) is 56.2 Å². The van der Waals surface area contributed by atoms with Crippen LogP contribution in [0.2, 0.25) is 0 Å². The molecule has 0 saturated heterocycles. The van der Waals surface area contributed by atoms with E-state index < -0.39 is 6.10 Å². The number of carbonyl (C=O) groups is 1. The minimum Gasteiger partial charge on any atom is -0.390 e. The minimum absolute atomic E-state index is 0.0820. The van der Waals surface area contributed by atoms with E-state index in [-0.39, 0.29) is 23.3 Å². The number of nitrogens with one attached hydrogen (secondary N) is 1. The molecule has 0 aliphatic carbocycles. The van der Waals surface area contributed by atoms with Gasteiger partial charge >= 0.3 is 0 Å². The Morgan fingerprint density at radius 2 is 2.09 bits per heavy atom. The number of hydrogen-bond acceptors (Lipinski definition) is 5. The number of likely N-dealkylation sites (N-methyl/N-ethyl adjacent to an activating group) is 1. The second kappa shape index (κ2) is 14.3. The Morgan fingerprint density at radius 1 is 1.41 bits per heavy atom. The number of benzene rings is 1. The van der Waals surface area contributed by atoms with Crippen LogP contribution >= 0.6 is 11.6 Å². The Hall–Kier alpha value is -2.85. The van der Waals surface area contributed by atoms with E-state index in [2.05, 4.69) is 33.6 Å². The molecule has 0 saturated carbocycles. The van der Waals surface area contributed by atoms with Crippen LogP contribution in [0.1, 0.15) is 42.3 Å². The third-order valence-electron chi connectivity index (χ3n) is 4.64. The molecule has 0 fully saturated rings. The number of nitrogens with two attached hydrogens (primary N) is 1. The molecule has 0 radical (unpaired) electrons. The lowest BCUT2D eigenvalue weighted by Gasteiger charge is -2.22. The molecule has 7 heteroatoms. The summed E-state index contributed by atoms with van der Waals surface area (Å²) in [5, 5.41) is 13.0. The largest absolute Gasteiger partial charge is 0.390 e. The van der Waals surface area contributed by atoms with Crippen molar-refractivity contribution in [2.24, 2.45) is 10.7 Å². The zero-order chi connectivity index (χ0) is 24.1. The standard InChI is InChI=1S/C25H33ClN4O2/c1-6-9-18(4)15-28-24(27)23(26)13-12-20-14-21(11-10-19(20)5)25(32)29-16-22(31)17-30(7-2)8-3/h6,9-11,14-15,22,31H,4,7-8,16-17,27H2,1-3,5H3,(H,29,32)/b9-6-,24-23-,28-15-. The number of aliphatic hydroxyl groups excluding tert-OH is 1. The van der Waals surface area contributed by atoms with E-state index in [0.717, 1.165) is 18.7 Å². The van der Waals surface area contributed by atoms with Gasteiger partial charge in [0.2, 0.25) is 0 Å². The lowest BCUT2D eigenvalue weighted by molar-refractivity contribution is 0.0869. The van der Waals surface area contributed by atoms with Crippen LogP contribution in [-0.4, -0.2) is 54.4 Å². The molecule has 0 heterocycles. The molecule has 6 nitrogen and oxygen atoms in total. The second-order valence-corrected chi connectivity index (χ2v) is 7.54. The smallest absolute Gasteiger partial charge is 0.251 e. The van der Waals surface area contributed by atoms with Gasteiger partial charge < -0.3 is 21.1 Å². The number of aliphatic hydroxyl groups is 1. The minimum atomic E-state index is -0.639. The second-order valence-electron chi connectivity index (χ2n) is 7.16. The molecule has 1 rings (SSSR count). The van der Waals surface area contributed by atoms with Gasteiger partial charge in [-0.05, 0) is 56.1 Å². The van der Waals surface area contributed by atoms with Gasteiger partial charge in [-0.3, -0.25) is 4.79 Å². The number of carbonyl (C=O) groups excluding carboxylic acids is 1. The number of halogens is 1. The average molecular weight is 457 g/mol. The maximum absolute atomic E-state index is 12.5. The monoisotopic (exact) mass is 456 g/mol. The van der Waals surface area contributed by atoms with Gasteiger partial charge in [0.1, 0.15) is 5.03 Å². The molecule has 0 aliphatic heterocycles. The van der Waals surface area contributed by atoms with Crippen molar-refractivity contribution in [3.05, 3.63) is 70.0 Å². The van der Waals surface area contributed by atoms with E-state index in [1.165, 1.54) is 6.21 Å². The van der Waals surface area contributed by atoms with Gasteiger partial charge in [0.25, 0.3) is 5.91 Å². The maximum atomic E-state index is 12.5. The maximum Gasteiger partial charge on any atom is 0.251 e. The fraction of sp³-hybridized carbons (Fsp3) is 0.360. The van der Waals surface area contributed by atoms with Crippen molar-refractivity contribution in [1.29, 1.82) is 0 Å². The van der Waals surface area contributed by atoms with Crippen LogP contribution in [-0.2, 0) is 0 Å². The van der Waals surface area contributed by atoms with Crippen LogP contribution in [0, 0.1) is 18.8 Å². The van der Waals surface area contributed by atoms with E-state index in [1.54, 1.807) is 18.2 Å². The Kier molecular flexibility index (Phi) is 12.1. The number of allylic oxidation sites excluding steroid dienone is 4. The van der Waals surface area contributed by atoms with Gasteiger partial charge in [0, 0.05) is 30.4 Å². The first kappa shape index (κ1) is 27.2. The number of nitrogens with zero attached hydrogens (tertiary/aromatic N) is 2. The van der Waals surface area contributed by atoms with E-state index in [4.69, 9.17) is 17.3 Å². The third kappa shape index (κ3) is 9.52. The highest BCUT2D eigenvalue weighted by Gasteiger charge is 2.12. The zero-order valence-corrected chi connectivity index (χ0v) is 20.0. The first-order valence-electron chi connectivity index (χ1n) is 10.5. The summed E-state index contributed by atoms with van der Waals surface area (Å²) < 4.78 is 0. The number of aliphatic imine (C=N–C) groups is 1. The summed E-state index contributed by atoms with van der Waals surface area (Å²) in [6.07, 6.45) is 4.50. The third-order valence-corrected chi connectivity index (χ3v) is 4.93. The van der Waals surface area contributed by atoms with Gasteiger partial charge in [-0.2, -0.15) is 0 Å². The van der Waals surface area contributed by atoms with Crippen LogP contribution in [0.4, 0.5) is 0 Å². The highest BCUT2D eigenvalue weighted by atomic mass is 35.5. The molecule has 1 amide bonds. The van der Waals surface area contributed by atoms with E-state index in [1.807, 2.05) is 39.8 Å². The van der Waals surface area contributed by atoms with Crippen LogP contribution in [0.15, 0.2) is 58.3 Å². The summed E-state index contributed by atoms with van der Waals surface area (Å²) in [4.78, 5) is 18.7. The number of aryl methyl sites for hydroxylation is 1. The van der Waals surface area contributed by atoms with Crippen LogP contribution < -0.4 is 11.1 Å². The first-order chi connectivity index (χ1) is 15.2.